The van der Waals surface area contributed by atoms with E-state index in [0.29, 0.717) is 31.0 Å². The lowest BCUT2D eigenvalue weighted by atomic mass is 10.1. The Balaban J connectivity index is 1.70. The molecule has 0 spiro atoms. The third-order valence-corrected chi connectivity index (χ3v) is 6.20. The Morgan fingerprint density at radius 3 is 2.37 bits per heavy atom. The number of thioether (sulfide) groups is 1. The maximum Gasteiger partial charge on any atom is 0.253 e. The van der Waals surface area contributed by atoms with Gasteiger partial charge in [-0.25, -0.2) is 0 Å². The molecule has 0 aromatic heterocycles. The number of amides is 2. The highest BCUT2D eigenvalue weighted by atomic mass is 32.2. The van der Waals surface area contributed by atoms with Crippen LogP contribution in [-0.2, 0) is 11.2 Å². The fourth-order valence-corrected chi connectivity index (χ4v) is 4.57. The molecule has 1 aliphatic rings. The van der Waals surface area contributed by atoms with Crippen LogP contribution in [0.2, 0.25) is 0 Å². The van der Waals surface area contributed by atoms with Crippen LogP contribution in [0.3, 0.4) is 0 Å². The van der Waals surface area contributed by atoms with Gasteiger partial charge >= 0.3 is 0 Å². The highest BCUT2D eigenvalue weighted by Crippen LogP contribution is 2.38. The second-order valence-corrected chi connectivity index (χ2v) is 7.65. The van der Waals surface area contributed by atoms with Crippen molar-refractivity contribution in [2.45, 2.75) is 25.6 Å². The highest BCUT2D eigenvalue weighted by Gasteiger charge is 2.32. The number of rotatable bonds is 7. The summed E-state index contributed by atoms with van der Waals surface area (Å²) in [6.07, 6.45) is 0.849. The van der Waals surface area contributed by atoms with E-state index in [4.69, 9.17) is 0 Å². The molecule has 1 heterocycles. The Morgan fingerprint density at radius 1 is 1.07 bits per heavy atom. The van der Waals surface area contributed by atoms with Crippen molar-refractivity contribution in [1.82, 2.24) is 9.80 Å². The minimum Gasteiger partial charge on any atom is -0.339 e. The largest absolute Gasteiger partial charge is 0.339 e. The molecule has 0 radical (unpaired) electrons. The highest BCUT2D eigenvalue weighted by molar-refractivity contribution is 8.00. The number of hydrogen-bond acceptors (Lipinski definition) is 3. The predicted octanol–water partition coefficient (Wildman–Crippen LogP) is 3.99. The summed E-state index contributed by atoms with van der Waals surface area (Å²) >= 11 is 1.66. The molecular formula is C22H26N2O2S. The normalized spacial score (nSPS) is 16.6. The standard InChI is InChI=1S/C22H26N2O2S/c1-3-23(4-2)21(26)18-10-12-19(13-11-18)22-24(20(25)16-27-22)15-14-17-8-6-5-7-9-17/h5-13,22H,3-4,14-16H2,1-2H3/t22-/m1/s1. The molecule has 3 rings (SSSR count). The van der Waals surface area contributed by atoms with E-state index in [-0.39, 0.29) is 17.2 Å². The molecule has 1 aliphatic heterocycles. The number of hydrogen-bond donors (Lipinski definition) is 0. The molecule has 4 nitrogen and oxygen atoms in total. The molecule has 5 heteroatoms. The summed E-state index contributed by atoms with van der Waals surface area (Å²) in [5.41, 5.74) is 3.02. The summed E-state index contributed by atoms with van der Waals surface area (Å²) in [5, 5.41) is 0.0267. The Hall–Kier alpha value is -2.27. The van der Waals surface area contributed by atoms with Crippen LogP contribution >= 0.6 is 11.8 Å². The summed E-state index contributed by atoms with van der Waals surface area (Å²) in [7, 11) is 0. The Bertz CT molecular complexity index is 773. The van der Waals surface area contributed by atoms with Gasteiger partial charge in [0.2, 0.25) is 5.91 Å². The second kappa shape index (κ2) is 9.09. The number of carbonyl (C=O) groups is 2. The predicted molar refractivity (Wildman–Crippen MR) is 111 cm³/mol. The first-order valence-electron chi connectivity index (χ1n) is 9.48. The summed E-state index contributed by atoms with van der Waals surface area (Å²) in [6, 6.07) is 18.0. The SMILES string of the molecule is CCN(CC)C(=O)c1ccc([C@H]2SCC(=O)N2CCc2ccccc2)cc1. The summed E-state index contributed by atoms with van der Waals surface area (Å²) in [5.74, 6) is 0.756. The Labute approximate surface area is 165 Å². The summed E-state index contributed by atoms with van der Waals surface area (Å²) in [6.45, 7) is 6.09. The molecule has 2 aromatic rings. The van der Waals surface area contributed by atoms with Gasteiger partial charge < -0.3 is 9.80 Å². The molecule has 0 N–H and O–H groups in total. The van der Waals surface area contributed by atoms with Gasteiger partial charge in [0.1, 0.15) is 5.37 Å². The van der Waals surface area contributed by atoms with Gasteiger partial charge in [-0.15, -0.1) is 11.8 Å². The molecule has 0 aliphatic carbocycles. The molecule has 0 unspecified atom stereocenters. The maximum absolute atomic E-state index is 12.5. The van der Waals surface area contributed by atoms with Crippen molar-refractivity contribution in [2.24, 2.45) is 0 Å². The third kappa shape index (κ3) is 4.53. The maximum atomic E-state index is 12.5. The van der Waals surface area contributed by atoms with Crippen LogP contribution in [0.4, 0.5) is 0 Å². The molecule has 1 saturated heterocycles. The first kappa shape index (κ1) is 19.5. The summed E-state index contributed by atoms with van der Waals surface area (Å²) in [4.78, 5) is 28.6. The zero-order valence-electron chi connectivity index (χ0n) is 15.9. The van der Waals surface area contributed by atoms with E-state index >= 15 is 0 Å². The van der Waals surface area contributed by atoms with E-state index in [1.165, 1.54) is 5.56 Å². The third-order valence-electron chi connectivity index (χ3n) is 4.95. The first-order valence-corrected chi connectivity index (χ1v) is 10.5. The second-order valence-electron chi connectivity index (χ2n) is 6.59. The quantitative estimate of drug-likeness (QED) is 0.727. The van der Waals surface area contributed by atoms with E-state index in [2.05, 4.69) is 12.1 Å². The van der Waals surface area contributed by atoms with Crippen molar-refractivity contribution in [3.63, 3.8) is 0 Å². The number of benzene rings is 2. The molecule has 1 fully saturated rings. The fraction of sp³-hybridized carbons (Fsp3) is 0.364. The van der Waals surface area contributed by atoms with Crippen LogP contribution in [0.5, 0.6) is 0 Å². The zero-order valence-corrected chi connectivity index (χ0v) is 16.7. The Morgan fingerprint density at radius 2 is 1.74 bits per heavy atom. The zero-order chi connectivity index (χ0) is 19.2. The van der Waals surface area contributed by atoms with Crippen LogP contribution in [0.25, 0.3) is 0 Å². The Kier molecular flexibility index (Phi) is 6.56. The molecule has 0 bridgehead atoms. The van der Waals surface area contributed by atoms with E-state index in [1.807, 2.05) is 66.1 Å². The van der Waals surface area contributed by atoms with Crippen LogP contribution in [0, 0.1) is 0 Å². The fourth-order valence-electron chi connectivity index (χ4n) is 3.35. The van der Waals surface area contributed by atoms with Crippen molar-refractivity contribution in [3.05, 3.63) is 71.3 Å². The van der Waals surface area contributed by atoms with Gasteiger partial charge in [0.05, 0.1) is 5.75 Å². The molecule has 142 valence electrons. The van der Waals surface area contributed by atoms with Crippen LogP contribution in [0.15, 0.2) is 54.6 Å². The topological polar surface area (TPSA) is 40.6 Å². The average molecular weight is 383 g/mol. The minimum absolute atomic E-state index is 0.0267. The van der Waals surface area contributed by atoms with Gasteiger partial charge in [-0.1, -0.05) is 42.5 Å². The van der Waals surface area contributed by atoms with Gasteiger partial charge in [-0.2, -0.15) is 0 Å². The van der Waals surface area contributed by atoms with E-state index < -0.39 is 0 Å². The first-order chi connectivity index (χ1) is 13.1. The van der Waals surface area contributed by atoms with Gasteiger partial charge in [0.25, 0.3) is 5.91 Å². The van der Waals surface area contributed by atoms with Crippen molar-refractivity contribution in [2.75, 3.05) is 25.4 Å². The van der Waals surface area contributed by atoms with E-state index in [9.17, 15) is 9.59 Å². The molecule has 27 heavy (non-hydrogen) atoms. The summed E-state index contributed by atoms with van der Waals surface area (Å²) < 4.78 is 0. The number of carbonyl (C=O) groups excluding carboxylic acids is 2. The van der Waals surface area contributed by atoms with Crippen molar-refractivity contribution >= 4 is 23.6 Å². The van der Waals surface area contributed by atoms with Crippen molar-refractivity contribution in [3.8, 4) is 0 Å². The van der Waals surface area contributed by atoms with Crippen molar-refractivity contribution in [1.29, 1.82) is 0 Å². The van der Waals surface area contributed by atoms with Gasteiger partial charge in [0.15, 0.2) is 0 Å². The molecular weight excluding hydrogens is 356 g/mol. The van der Waals surface area contributed by atoms with E-state index in [0.717, 1.165) is 12.0 Å². The van der Waals surface area contributed by atoms with Gasteiger partial charge in [-0.3, -0.25) is 9.59 Å². The molecule has 2 aromatic carbocycles. The van der Waals surface area contributed by atoms with Crippen LogP contribution < -0.4 is 0 Å². The van der Waals surface area contributed by atoms with Gasteiger partial charge in [0, 0.05) is 25.2 Å². The van der Waals surface area contributed by atoms with Crippen LogP contribution in [0.1, 0.15) is 40.7 Å². The lowest BCUT2D eigenvalue weighted by Crippen LogP contribution is -2.31. The molecule has 0 saturated carbocycles. The van der Waals surface area contributed by atoms with Crippen molar-refractivity contribution < 1.29 is 9.59 Å². The minimum atomic E-state index is 0.0267. The lowest BCUT2D eigenvalue weighted by Gasteiger charge is -2.25. The van der Waals surface area contributed by atoms with E-state index in [1.54, 1.807) is 11.8 Å². The van der Waals surface area contributed by atoms with Crippen LogP contribution in [-0.4, -0.2) is 47.0 Å². The molecule has 2 amide bonds. The average Bonchev–Trinajstić information content (AvgIpc) is 3.08. The smallest absolute Gasteiger partial charge is 0.253 e. The monoisotopic (exact) mass is 382 g/mol. The molecule has 1 atom stereocenters. The number of nitrogens with zero attached hydrogens (tertiary/aromatic N) is 2. The van der Waals surface area contributed by atoms with Gasteiger partial charge in [-0.05, 0) is 43.5 Å². The lowest BCUT2D eigenvalue weighted by molar-refractivity contribution is -0.128.